The molecule has 1 aliphatic heterocycles. The summed E-state index contributed by atoms with van der Waals surface area (Å²) in [6.45, 7) is 4.07. The predicted molar refractivity (Wildman–Crippen MR) is 58.3 cm³/mol. The molecule has 1 atom stereocenters. The van der Waals surface area contributed by atoms with Gasteiger partial charge < -0.3 is 14.8 Å². The average molecular weight is 229 g/mol. The van der Waals surface area contributed by atoms with Gasteiger partial charge in [0.2, 0.25) is 5.13 Å². The van der Waals surface area contributed by atoms with Crippen molar-refractivity contribution in [2.45, 2.75) is 18.9 Å². The van der Waals surface area contributed by atoms with Crippen LogP contribution >= 0.6 is 11.3 Å². The van der Waals surface area contributed by atoms with E-state index in [0.29, 0.717) is 6.61 Å². The zero-order valence-electron chi connectivity index (χ0n) is 8.95. The molecule has 0 radical (unpaired) electrons. The molecule has 0 amide bonds. The van der Waals surface area contributed by atoms with Crippen LogP contribution in [-0.2, 0) is 9.47 Å². The first-order chi connectivity index (χ1) is 7.24. The lowest BCUT2D eigenvalue weighted by atomic mass is 10.0. The Bertz CT molecular complexity index is 323. The van der Waals surface area contributed by atoms with E-state index < -0.39 is 0 Å². The van der Waals surface area contributed by atoms with Crippen molar-refractivity contribution in [3.8, 4) is 0 Å². The summed E-state index contributed by atoms with van der Waals surface area (Å²) in [6.07, 6.45) is 0.925. The highest BCUT2D eigenvalue weighted by molar-refractivity contribution is 7.15. The molecular weight excluding hydrogens is 214 g/mol. The van der Waals surface area contributed by atoms with Gasteiger partial charge in [-0.15, -0.1) is 10.2 Å². The Morgan fingerprint density at radius 3 is 3.00 bits per heavy atom. The maximum atomic E-state index is 5.50. The van der Waals surface area contributed by atoms with Gasteiger partial charge in [-0.2, -0.15) is 0 Å². The number of anilines is 1. The zero-order chi connectivity index (χ0) is 10.7. The topological polar surface area (TPSA) is 56.3 Å². The predicted octanol–water partition coefficient (Wildman–Crippen LogP) is 1.06. The van der Waals surface area contributed by atoms with Crippen molar-refractivity contribution >= 4 is 16.5 Å². The highest BCUT2D eigenvalue weighted by Gasteiger charge is 2.34. The molecule has 84 valence electrons. The first-order valence-electron chi connectivity index (χ1n) is 4.91. The van der Waals surface area contributed by atoms with Gasteiger partial charge >= 0.3 is 0 Å². The quantitative estimate of drug-likeness (QED) is 0.836. The molecule has 15 heavy (non-hydrogen) atoms. The Morgan fingerprint density at radius 2 is 2.47 bits per heavy atom. The third-order valence-electron chi connectivity index (χ3n) is 2.59. The van der Waals surface area contributed by atoms with Crippen LogP contribution in [0.5, 0.6) is 0 Å². The SMILES string of the molecule is COC1(CNc2nnc(C)s2)CCOC1. The lowest BCUT2D eigenvalue weighted by Crippen LogP contribution is -2.39. The zero-order valence-corrected chi connectivity index (χ0v) is 9.76. The van der Waals surface area contributed by atoms with E-state index in [0.717, 1.165) is 29.7 Å². The standard InChI is InChI=1S/C9H15N3O2S/c1-7-11-12-8(15-7)10-5-9(13-2)3-4-14-6-9/h3-6H2,1-2H3,(H,10,12). The molecule has 0 aliphatic carbocycles. The summed E-state index contributed by atoms with van der Waals surface area (Å²) in [5.41, 5.74) is -0.195. The molecular formula is C9H15N3O2S. The fraction of sp³-hybridized carbons (Fsp3) is 0.778. The Kier molecular flexibility index (Phi) is 3.18. The van der Waals surface area contributed by atoms with Gasteiger partial charge in [0.05, 0.1) is 6.61 Å². The molecule has 0 spiro atoms. The van der Waals surface area contributed by atoms with E-state index in [4.69, 9.17) is 9.47 Å². The first-order valence-corrected chi connectivity index (χ1v) is 5.73. The van der Waals surface area contributed by atoms with E-state index in [1.165, 1.54) is 0 Å². The van der Waals surface area contributed by atoms with Crippen LogP contribution in [0.1, 0.15) is 11.4 Å². The minimum Gasteiger partial charge on any atom is -0.378 e. The molecule has 1 saturated heterocycles. The summed E-state index contributed by atoms with van der Waals surface area (Å²) in [7, 11) is 1.72. The molecule has 1 aliphatic rings. The Balaban J connectivity index is 1.91. The number of ether oxygens (including phenoxy) is 2. The molecule has 1 unspecified atom stereocenters. The number of methoxy groups -OCH3 is 1. The van der Waals surface area contributed by atoms with Crippen molar-refractivity contribution in [2.75, 3.05) is 32.2 Å². The molecule has 6 heteroatoms. The number of hydrogen-bond donors (Lipinski definition) is 1. The smallest absolute Gasteiger partial charge is 0.205 e. The van der Waals surface area contributed by atoms with E-state index in [9.17, 15) is 0 Å². The number of aromatic nitrogens is 2. The third-order valence-corrected chi connectivity index (χ3v) is 3.38. The van der Waals surface area contributed by atoms with Crippen molar-refractivity contribution in [3.05, 3.63) is 5.01 Å². The number of nitrogens with one attached hydrogen (secondary N) is 1. The summed E-state index contributed by atoms with van der Waals surface area (Å²) < 4.78 is 10.8. The van der Waals surface area contributed by atoms with Gasteiger partial charge in [-0.05, 0) is 6.92 Å². The molecule has 1 aromatic rings. The Hall–Kier alpha value is -0.720. The molecule has 0 aromatic carbocycles. The van der Waals surface area contributed by atoms with Gasteiger partial charge in [0.25, 0.3) is 0 Å². The van der Waals surface area contributed by atoms with Crippen molar-refractivity contribution in [1.82, 2.24) is 10.2 Å². The maximum absolute atomic E-state index is 5.50. The van der Waals surface area contributed by atoms with E-state index in [2.05, 4.69) is 15.5 Å². The van der Waals surface area contributed by atoms with Crippen LogP contribution in [0, 0.1) is 6.92 Å². The summed E-state index contributed by atoms with van der Waals surface area (Å²) in [6, 6.07) is 0. The van der Waals surface area contributed by atoms with Crippen LogP contribution in [0.15, 0.2) is 0 Å². The number of rotatable bonds is 4. The fourth-order valence-electron chi connectivity index (χ4n) is 1.57. The largest absolute Gasteiger partial charge is 0.378 e. The molecule has 2 rings (SSSR count). The van der Waals surface area contributed by atoms with Crippen molar-refractivity contribution in [2.24, 2.45) is 0 Å². The summed E-state index contributed by atoms with van der Waals surface area (Å²) in [5, 5.41) is 13.0. The summed E-state index contributed by atoms with van der Waals surface area (Å²) >= 11 is 1.55. The second kappa shape index (κ2) is 4.42. The Morgan fingerprint density at radius 1 is 1.60 bits per heavy atom. The lowest BCUT2D eigenvalue weighted by molar-refractivity contribution is -0.00620. The number of nitrogens with zero attached hydrogens (tertiary/aromatic N) is 2. The highest BCUT2D eigenvalue weighted by Crippen LogP contribution is 2.24. The average Bonchev–Trinajstić information content (AvgIpc) is 2.85. The third kappa shape index (κ3) is 2.45. The highest BCUT2D eigenvalue weighted by atomic mass is 32.1. The second-order valence-corrected chi connectivity index (χ2v) is 4.85. The van der Waals surface area contributed by atoms with E-state index in [1.54, 1.807) is 18.4 Å². The van der Waals surface area contributed by atoms with Gasteiger partial charge in [-0.1, -0.05) is 11.3 Å². The van der Waals surface area contributed by atoms with Gasteiger partial charge in [0.15, 0.2) is 0 Å². The van der Waals surface area contributed by atoms with Crippen LogP contribution in [0.2, 0.25) is 0 Å². The van der Waals surface area contributed by atoms with Crippen LogP contribution in [0.4, 0.5) is 5.13 Å². The molecule has 1 N–H and O–H groups in total. The normalized spacial score (nSPS) is 25.7. The number of hydrogen-bond acceptors (Lipinski definition) is 6. The van der Waals surface area contributed by atoms with Crippen molar-refractivity contribution in [3.63, 3.8) is 0 Å². The first kappa shape index (κ1) is 10.8. The minimum atomic E-state index is -0.195. The molecule has 0 bridgehead atoms. The van der Waals surface area contributed by atoms with E-state index >= 15 is 0 Å². The van der Waals surface area contributed by atoms with Gasteiger partial charge in [0, 0.05) is 26.7 Å². The van der Waals surface area contributed by atoms with Crippen LogP contribution < -0.4 is 5.32 Å². The molecule has 1 fully saturated rings. The summed E-state index contributed by atoms with van der Waals surface area (Å²) in [5.74, 6) is 0. The Labute approximate surface area is 92.8 Å². The fourth-order valence-corrected chi connectivity index (χ4v) is 2.15. The van der Waals surface area contributed by atoms with Gasteiger partial charge in [-0.25, -0.2) is 0 Å². The van der Waals surface area contributed by atoms with Gasteiger partial charge in [0.1, 0.15) is 10.6 Å². The lowest BCUT2D eigenvalue weighted by Gasteiger charge is -2.25. The second-order valence-electron chi connectivity index (χ2n) is 3.67. The van der Waals surface area contributed by atoms with E-state index in [-0.39, 0.29) is 5.60 Å². The van der Waals surface area contributed by atoms with Crippen LogP contribution in [0.25, 0.3) is 0 Å². The molecule has 5 nitrogen and oxygen atoms in total. The van der Waals surface area contributed by atoms with Crippen LogP contribution in [0.3, 0.4) is 0 Å². The molecule has 1 aromatic heterocycles. The summed E-state index contributed by atoms with van der Waals surface area (Å²) in [4.78, 5) is 0. The van der Waals surface area contributed by atoms with Crippen LogP contribution in [-0.4, -0.2) is 42.7 Å². The van der Waals surface area contributed by atoms with Crippen molar-refractivity contribution < 1.29 is 9.47 Å². The monoisotopic (exact) mass is 229 g/mol. The van der Waals surface area contributed by atoms with Gasteiger partial charge in [-0.3, -0.25) is 0 Å². The molecule has 0 saturated carbocycles. The van der Waals surface area contributed by atoms with Crippen molar-refractivity contribution in [1.29, 1.82) is 0 Å². The van der Waals surface area contributed by atoms with E-state index in [1.807, 2.05) is 6.92 Å². The minimum absolute atomic E-state index is 0.195. The number of aryl methyl sites for hydroxylation is 1. The molecule has 2 heterocycles. The maximum Gasteiger partial charge on any atom is 0.205 e.